The van der Waals surface area contributed by atoms with E-state index in [2.05, 4.69) is 10.4 Å². The highest BCUT2D eigenvalue weighted by Crippen LogP contribution is 2.20. The van der Waals surface area contributed by atoms with Crippen LogP contribution in [0.4, 0.5) is 10.6 Å². The van der Waals surface area contributed by atoms with Crippen molar-refractivity contribution in [2.75, 3.05) is 12.0 Å². The van der Waals surface area contributed by atoms with Crippen molar-refractivity contribution in [3.63, 3.8) is 0 Å². The van der Waals surface area contributed by atoms with Crippen molar-refractivity contribution in [2.24, 2.45) is 7.05 Å². The molecular formula is C12H13ClN4O3. The van der Waals surface area contributed by atoms with Gasteiger partial charge in [0.1, 0.15) is 0 Å². The van der Waals surface area contributed by atoms with Gasteiger partial charge in [0.25, 0.3) is 5.56 Å². The normalized spacial score (nSPS) is 10.6. The highest BCUT2D eigenvalue weighted by atomic mass is 35.5. The number of benzene rings is 1. The molecule has 0 spiro atoms. The zero-order valence-electron chi connectivity index (χ0n) is 10.9. The first kappa shape index (κ1) is 14.1. The fraction of sp³-hybridized carbons (Fsp3) is 0.250. The molecule has 0 aliphatic rings. The molecule has 0 aliphatic carbocycles. The van der Waals surface area contributed by atoms with Gasteiger partial charge in [0.2, 0.25) is 5.82 Å². The summed E-state index contributed by atoms with van der Waals surface area (Å²) in [4.78, 5) is 27.3. The number of aromatic nitrogens is 2. The number of nitrogens with one attached hydrogen (secondary N) is 1. The van der Waals surface area contributed by atoms with Crippen LogP contribution >= 0.6 is 11.6 Å². The molecule has 106 valence electrons. The largest absolute Gasteiger partial charge is 0.464 e. The second-order valence-electron chi connectivity index (χ2n) is 4.07. The maximum absolute atomic E-state index is 12.2. The number of hydrazine groups is 1. The molecule has 7 nitrogen and oxygen atoms in total. The standard InChI is InChI=1S/C12H13ClN4O3/c1-3-17(12(19)20)15-10-11(18)16(2)9-7(13)5-4-6-8(9)14-10/h4-6H,3H2,1-2H3,(H,14,15)(H,19,20). The lowest BCUT2D eigenvalue weighted by atomic mass is 10.3. The third kappa shape index (κ3) is 2.39. The predicted octanol–water partition coefficient (Wildman–Crippen LogP) is 1.91. The number of fused-ring (bicyclic) bond motifs is 1. The van der Waals surface area contributed by atoms with Crippen molar-refractivity contribution in [1.29, 1.82) is 0 Å². The van der Waals surface area contributed by atoms with Gasteiger partial charge in [0.05, 0.1) is 16.1 Å². The Hall–Kier alpha value is -2.28. The van der Waals surface area contributed by atoms with Gasteiger partial charge in [-0.15, -0.1) is 0 Å². The molecule has 0 saturated carbocycles. The van der Waals surface area contributed by atoms with Crippen LogP contribution in [0.5, 0.6) is 0 Å². The van der Waals surface area contributed by atoms with E-state index >= 15 is 0 Å². The smallest absolute Gasteiger partial charge is 0.426 e. The Morgan fingerprint density at radius 3 is 2.85 bits per heavy atom. The molecule has 0 saturated heterocycles. The maximum atomic E-state index is 12.2. The number of amides is 1. The topological polar surface area (TPSA) is 87.5 Å². The summed E-state index contributed by atoms with van der Waals surface area (Å²) < 4.78 is 1.34. The van der Waals surface area contributed by atoms with Crippen LogP contribution in [0.2, 0.25) is 5.02 Å². The van der Waals surface area contributed by atoms with Gasteiger partial charge in [-0.2, -0.15) is 0 Å². The quantitative estimate of drug-likeness (QED) is 0.845. The summed E-state index contributed by atoms with van der Waals surface area (Å²) in [6.07, 6.45) is -1.19. The van der Waals surface area contributed by atoms with E-state index in [1.165, 1.54) is 4.57 Å². The van der Waals surface area contributed by atoms with Gasteiger partial charge in [0, 0.05) is 13.6 Å². The summed E-state index contributed by atoms with van der Waals surface area (Å²) in [5, 5.41) is 10.2. The summed E-state index contributed by atoms with van der Waals surface area (Å²) in [6, 6.07) is 5.07. The molecule has 0 fully saturated rings. The van der Waals surface area contributed by atoms with Crippen LogP contribution in [0.25, 0.3) is 11.0 Å². The first-order valence-corrected chi connectivity index (χ1v) is 6.26. The van der Waals surface area contributed by atoms with Gasteiger partial charge in [-0.25, -0.2) is 14.8 Å². The number of para-hydroxylation sites is 1. The van der Waals surface area contributed by atoms with Gasteiger partial charge >= 0.3 is 6.09 Å². The van der Waals surface area contributed by atoms with Crippen molar-refractivity contribution >= 4 is 34.5 Å². The summed E-state index contributed by atoms with van der Waals surface area (Å²) in [5.74, 6) is -0.0634. The van der Waals surface area contributed by atoms with Gasteiger partial charge < -0.3 is 9.67 Å². The van der Waals surface area contributed by atoms with Gasteiger partial charge in [-0.1, -0.05) is 17.7 Å². The summed E-state index contributed by atoms with van der Waals surface area (Å²) in [7, 11) is 1.56. The minimum atomic E-state index is -1.19. The molecule has 2 rings (SSSR count). The molecule has 1 heterocycles. The zero-order chi connectivity index (χ0) is 14.9. The molecule has 0 atom stereocenters. The third-order valence-electron chi connectivity index (χ3n) is 2.83. The maximum Gasteiger partial charge on any atom is 0.426 e. The molecule has 20 heavy (non-hydrogen) atoms. The van der Waals surface area contributed by atoms with Crippen molar-refractivity contribution in [3.8, 4) is 0 Å². The Morgan fingerprint density at radius 2 is 2.25 bits per heavy atom. The molecule has 0 bridgehead atoms. The highest BCUT2D eigenvalue weighted by molar-refractivity contribution is 6.34. The van der Waals surface area contributed by atoms with E-state index in [1.807, 2.05) is 0 Å². The van der Waals surface area contributed by atoms with E-state index in [-0.39, 0.29) is 12.4 Å². The van der Waals surface area contributed by atoms with E-state index in [4.69, 9.17) is 16.7 Å². The summed E-state index contributed by atoms with van der Waals surface area (Å²) >= 11 is 6.05. The van der Waals surface area contributed by atoms with Crippen LogP contribution in [-0.4, -0.2) is 32.3 Å². The highest BCUT2D eigenvalue weighted by Gasteiger charge is 2.15. The number of carbonyl (C=O) groups is 1. The van der Waals surface area contributed by atoms with Crippen LogP contribution in [-0.2, 0) is 7.05 Å². The fourth-order valence-corrected chi connectivity index (χ4v) is 2.11. The molecule has 1 amide bonds. The molecule has 1 aromatic heterocycles. The number of halogens is 1. The number of rotatable bonds is 3. The van der Waals surface area contributed by atoms with Gasteiger partial charge in [-0.05, 0) is 19.1 Å². The second-order valence-corrected chi connectivity index (χ2v) is 4.48. The molecule has 0 radical (unpaired) electrons. The monoisotopic (exact) mass is 296 g/mol. The van der Waals surface area contributed by atoms with E-state index in [1.54, 1.807) is 32.2 Å². The van der Waals surface area contributed by atoms with E-state index in [0.29, 0.717) is 16.1 Å². The minimum absolute atomic E-state index is 0.0634. The van der Waals surface area contributed by atoms with Crippen molar-refractivity contribution in [2.45, 2.75) is 6.92 Å². The predicted molar refractivity (Wildman–Crippen MR) is 76.0 cm³/mol. The molecule has 8 heteroatoms. The number of anilines is 1. The number of carboxylic acid groups (broad SMARTS) is 1. The lowest BCUT2D eigenvalue weighted by Gasteiger charge is -2.19. The summed E-state index contributed by atoms with van der Waals surface area (Å²) in [6.45, 7) is 1.82. The third-order valence-corrected chi connectivity index (χ3v) is 3.13. The molecule has 1 aromatic carbocycles. The number of aryl methyl sites for hydroxylation is 1. The molecule has 0 unspecified atom stereocenters. The van der Waals surface area contributed by atoms with Crippen LogP contribution in [0.3, 0.4) is 0 Å². The minimum Gasteiger partial charge on any atom is -0.464 e. The summed E-state index contributed by atoms with van der Waals surface area (Å²) in [5.41, 5.74) is 3.05. The molecule has 0 aliphatic heterocycles. The second kappa shape index (κ2) is 5.38. The SMILES string of the molecule is CCN(Nc1nc2cccc(Cl)c2n(C)c1=O)C(=O)O. The lowest BCUT2D eigenvalue weighted by molar-refractivity contribution is 0.157. The Labute approximate surface area is 119 Å². The number of hydrogen-bond acceptors (Lipinski definition) is 4. The lowest BCUT2D eigenvalue weighted by Crippen LogP contribution is -2.38. The van der Waals surface area contributed by atoms with Crippen molar-refractivity contribution in [3.05, 3.63) is 33.6 Å². The average molecular weight is 297 g/mol. The Morgan fingerprint density at radius 1 is 1.55 bits per heavy atom. The Balaban J connectivity index is 2.59. The average Bonchev–Trinajstić information content (AvgIpc) is 2.40. The number of hydrogen-bond donors (Lipinski definition) is 2. The molecule has 2 N–H and O–H groups in total. The van der Waals surface area contributed by atoms with Crippen molar-refractivity contribution < 1.29 is 9.90 Å². The van der Waals surface area contributed by atoms with Crippen LogP contribution in [0.1, 0.15) is 6.92 Å². The molecule has 2 aromatic rings. The van der Waals surface area contributed by atoms with Gasteiger partial charge in [-0.3, -0.25) is 10.2 Å². The number of nitrogens with zero attached hydrogens (tertiary/aromatic N) is 3. The first-order valence-electron chi connectivity index (χ1n) is 5.88. The van der Waals surface area contributed by atoms with Crippen LogP contribution in [0.15, 0.2) is 23.0 Å². The Kier molecular flexibility index (Phi) is 3.80. The van der Waals surface area contributed by atoms with Crippen LogP contribution in [0, 0.1) is 0 Å². The van der Waals surface area contributed by atoms with E-state index in [0.717, 1.165) is 5.01 Å². The first-order chi connectivity index (χ1) is 9.45. The van der Waals surface area contributed by atoms with E-state index in [9.17, 15) is 9.59 Å². The Bertz CT molecular complexity index is 728. The van der Waals surface area contributed by atoms with Gasteiger partial charge in [0.15, 0.2) is 0 Å². The van der Waals surface area contributed by atoms with Crippen molar-refractivity contribution in [1.82, 2.24) is 14.6 Å². The zero-order valence-corrected chi connectivity index (χ0v) is 11.7. The molecular weight excluding hydrogens is 284 g/mol. The van der Waals surface area contributed by atoms with Crippen LogP contribution < -0.4 is 11.0 Å². The fourth-order valence-electron chi connectivity index (χ4n) is 1.82. The van der Waals surface area contributed by atoms with E-state index < -0.39 is 11.7 Å².